The monoisotopic (exact) mass is 415 g/mol. The maximum Gasteiger partial charge on any atom is 0.330 e. The fourth-order valence-corrected chi connectivity index (χ4v) is 3.99. The van der Waals surface area contributed by atoms with Crippen LogP contribution in [-0.4, -0.2) is 60.1 Å². The molecule has 1 aliphatic heterocycles. The molecule has 9 heteroatoms. The molecular weight excluding hydrogens is 386 g/mol. The zero-order valence-electron chi connectivity index (χ0n) is 17.7. The second-order valence-electron chi connectivity index (χ2n) is 7.56. The molecule has 9 nitrogen and oxygen atoms in total. The van der Waals surface area contributed by atoms with E-state index in [9.17, 15) is 14.4 Å². The number of H-pyrrole nitrogens is 1. The second kappa shape index (κ2) is 9.27. The summed E-state index contributed by atoms with van der Waals surface area (Å²) >= 11 is 0. The van der Waals surface area contributed by atoms with Gasteiger partial charge in [0.15, 0.2) is 5.78 Å². The predicted molar refractivity (Wildman–Crippen MR) is 116 cm³/mol. The van der Waals surface area contributed by atoms with Gasteiger partial charge in [-0.3, -0.25) is 24.0 Å². The van der Waals surface area contributed by atoms with Crippen molar-refractivity contribution >= 4 is 17.3 Å². The van der Waals surface area contributed by atoms with E-state index in [4.69, 9.17) is 10.5 Å². The van der Waals surface area contributed by atoms with Crippen LogP contribution in [0, 0.1) is 0 Å². The van der Waals surface area contributed by atoms with Crippen LogP contribution in [0.15, 0.2) is 33.9 Å². The standard InChI is InChI=1S/C21H29N5O4/c1-4-15-12-24(2)16-8-6-5-7-14(16)11-25(15)13-17(27)18-19(22)26(9-10-30-3)21(29)23-20(18)28/h5-8,15H,4,9-13,22H2,1-3H3,(H,23,28,29)/t15-/m0/s1. The van der Waals surface area contributed by atoms with Gasteiger partial charge < -0.3 is 15.4 Å². The van der Waals surface area contributed by atoms with Crippen LogP contribution in [0.25, 0.3) is 0 Å². The number of nitrogens with zero attached hydrogens (tertiary/aromatic N) is 3. The molecule has 3 rings (SSSR count). The third-order valence-corrected chi connectivity index (χ3v) is 5.63. The topological polar surface area (TPSA) is 114 Å². The number of nitrogens with one attached hydrogen (secondary N) is 1. The van der Waals surface area contributed by atoms with Gasteiger partial charge in [-0.1, -0.05) is 25.1 Å². The summed E-state index contributed by atoms with van der Waals surface area (Å²) in [5.41, 5.74) is 6.75. The van der Waals surface area contributed by atoms with Crippen LogP contribution in [0.3, 0.4) is 0 Å². The maximum absolute atomic E-state index is 13.2. The number of hydrogen-bond donors (Lipinski definition) is 2. The lowest BCUT2D eigenvalue weighted by Gasteiger charge is -2.30. The molecule has 3 N–H and O–H groups in total. The number of likely N-dealkylation sites (N-methyl/N-ethyl adjacent to an activating group) is 1. The number of methoxy groups -OCH3 is 1. The molecule has 0 radical (unpaired) electrons. The Morgan fingerprint density at radius 2 is 2.03 bits per heavy atom. The molecule has 1 aliphatic rings. The molecule has 0 unspecified atom stereocenters. The van der Waals surface area contributed by atoms with Crippen molar-refractivity contribution in [3.8, 4) is 0 Å². The van der Waals surface area contributed by atoms with Crippen molar-refractivity contribution in [1.82, 2.24) is 14.5 Å². The molecule has 0 bridgehead atoms. The SMILES string of the molecule is CC[C@H]1CN(C)c2ccccc2CN1CC(=O)c1c(N)n(CCOC)c(=O)[nH]c1=O. The molecule has 0 amide bonds. The highest BCUT2D eigenvalue weighted by Gasteiger charge is 2.29. The highest BCUT2D eigenvalue weighted by atomic mass is 16.5. The Balaban J connectivity index is 1.93. The summed E-state index contributed by atoms with van der Waals surface area (Å²) in [5.74, 6) is -0.522. The van der Waals surface area contributed by atoms with Crippen molar-refractivity contribution in [1.29, 1.82) is 0 Å². The van der Waals surface area contributed by atoms with Crippen LogP contribution in [-0.2, 0) is 17.8 Å². The van der Waals surface area contributed by atoms with Crippen molar-refractivity contribution < 1.29 is 9.53 Å². The minimum Gasteiger partial charge on any atom is -0.384 e. The lowest BCUT2D eigenvalue weighted by atomic mass is 10.1. The molecule has 1 aromatic carbocycles. The van der Waals surface area contributed by atoms with Gasteiger partial charge >= 0.3 is 5.69 Å². The van der Waals surface area contributed by atoms with Gasteiger partial charge in [0, 0.05) is 39.0 Å². The number of rotatable bonds is 7. The van der Waals surface area contributed by atoms with Crippen molar-refractivity contribution in [2.75, 3.05) is 44.5 Å². The van der Waals surface area contributed by atoms with Crippen molar-refractivity contribution in [3.63, 3.8) is 0 Å². The zero-order valence-corrected chi connectivity index (χ0v) is 17.7. The Labute approximate surface area is 175 Å². The highest BCUT2D eigenvalue weighted by molar-refractivity contribution is 6.01. The van der Waals surface area contributed by atoms with Crippen molar-refractivity contribution in [3.05, 3.63) is 56.2 Å². The van der Waals surface area contributed by atoms with E-state index in [0.29, 0.717) is 6.54 Å². The van der Waals surface area contributed by atoms with Gasteiger partial charge in [-0.05, 0) is 18.1 Å². The Morgan fingerprint density at radius 1 is 1.30 bits per heavy atom. The van der Waals surface area contributed by atoms with Crippen molar-refractivity contribution in [2.45, 2.75) is 32.5 Å². The largest absolute Gasteiger partial charge is 0.384 e. The lowest BCUT2D eigenvalue weighted by Crippen LogP contribution is -2.44. The number of ether oxygens (including phenoxy) is 1. The number of fused-ring (bicyclic) bond motifs is 1. The summed E-state index contributed by atoms with van der Waals surface area (Å²) in [6, 6.07) is 8.23. The Kier molecular flexibility index (Phi) is 6.73. The number of nitrogens with two attached hydrogens (primary N) is 1. The first-order valence-electron chi connectivity index (χ1n) is 10.0. The number of ketones is 1. The summed E-state index contributed by atoms with van der Waals surface area (Å²) in [7, 11) is 3.54. The van der Waals surface area contributed by atoms with Gasteiger partial charge in [0.05, 0.1) is 19.7 Å². The number of benzene rings is 1. The van der Waals surface area contributed by atoms with E-state index in [-0.39, 0.29) is 37.1 Å². The maximum atomic E-state index is 13.2. The Morgan fingerprint density at radius 3 is 2.73 bits per heavy atom. The van der Waals surface area contributed by atoms with Crippen LogP contribution < -0.4 is 21.9 Å². The molecule has 0 saturated carbocycles. The third kappa shape index (κ3) is 4.31. The van der Waals surface area contributed by atoms with Crippen LogP contribution in [0.4, 0.5) is 11.5 Å². The van der Waals surface area contributed by atoms with Crippen LogP contribution in [0.2, 0.25) is 0 Å². The molecular formula is C21H29N5O4. The third-order valence-electron chi connectivity index (χ3n) is 5.63. The first kappa shape index (κ1) is 21.8. The number of anilines is 2. The van der Waals surface area contributed by atoms with Crippen LogP contribution >= 0.6 is 0 Å². The Hall–Kier alpha value is -2.91. The van der Waals surface area contributed by atoms with Gasteiger partial charge in [-0.25, -0.2) is 4.79 Å². The lowest BCUT2D eigenvalue weighted by molar-refractivity contribution is 0.0883. The molecule has 1 atom stereocenters. The number of hydrogen-bond acceptors (Lipinski definition) is 7. The zero-order chi connectivity index (χ0) is 21.8. The average Bonchev–Trinajstić information content (AvgIpc) is 2.84. The normalized spacial score (nSPS) is 16.9. The number of para-hydroxylation sites is 1. The first-order valence-corrected chi connectivity index (χ1v) is 10.0. The highest BCUT2D eigenvalue weighted by Crippen LogP contribution is 2.27. The van der Waals surface area contributed by atoms with E-state index in [0.717, 1.165) is 24.2 Å². The van der Waals surface area contributed by atoms with E-state index in [1.807, 2.05) is 25.2 Å². The number of aromatic amines is 1. The summed E-state index contributed by atoms with van der Waals surface area (Å²) < 4.78 is 6.16. The first-order chi connectivity index (χ1) is 14.4. The van der Waals surface area contributed by atoms with Gasteiger partial charge in [0.1, 0.15) is 11.4 Å². The van der Waals surface area contributed by atoms with E-state index in [2.05, 4.69) is 27.8 Å². The van der Waals surface area contributed by atoms with Gasteiger partial charge in [-0.15, -0.1) is 0 Å². The van der Waals surface area contributed by atoms with Crippen molar-refractivity contribution in [2.24, 2.45) is 0 Å². The summed E-state index contributed by atoms with van der Waals surface area (Å²) in [6.45, 7) is 3.86. The van der Waals surface area contributed by atoms with Crippen LogP contribution in [0.1, 0.15) is 29.3 Å². The second-order valence-corrected chi connectivity index (χ2v) is 7.56. The van der Waals surface area contributed by atoms with Gasteiger partial charge in [0.25, 0.3) is 5.56 Å². The molecule has 0 fully saturated rings. The molecule has 30 heavy (non-hydrogen) atoms. The molecule has 0 aliphatic carbocycles. The molecule has 0 saturated heterocycles. The van der Waals surface area contributed by atoms with E-state index < -0.39 is 17.0 Å². The fourth-order valence-electron chi connectivity index (χ4n) is 3.99. The number of Topliss-reactive ketones (excluding diaryl/α,β-unsaturated/α-hetero) is 1. The molecule has 162 valence electrons. The molecule has 2 aromatic rings. The smallest absolute Gasteiger partial charge is 0.330 e. The molecule has 1 aromatic heterocycles. The summed E-state index contributed by atoms with van der Waals surface area (Å²) in [5, 5.41) is 0. The fraction of sp³-hybridized carbons (Fsp3) is 0.476. The summed E-state index contributed by atoms with van der Waals surface area (Å²) in [4.78, 5) is 44.1. The summed E-state index contributed by atoms with van der Waals surface area (Å²) in [6.07, 6.45) is 0.852. The number of nitrogen functional groups attached to an aromatic ring is 1. The average molecular weight is 415 g/mol. The minimum absolute atomic E-state index is 0.0381. The minimum atomic E-state index is -0.753. The molecule has 0 spiro atoms. The Bertz CT molecular complexity index is 1030. The number of carbonyl (C=O) groups is 1. The number of carbonyl (C=O) groups excluding carboxylic acids is 1. The van der Waals surface area contributed by atoms with Crippen LogP contribution in [0.5, 0.6) is 0 Å². The van der Waals surface area contributed by atoms with Gasteiger partial charge in [-0.2, -0.15) is 0 Å². The van der Waals surface area contributed by atoms with E-state index >= 15 is 0 Å². The quantitative estimate of drug-likeness (QED) is 0.639. The van der Waals surface area contributed by atoms with E-state index in [1.165, 1.54) is 11.7 Å². The predicted octanol–water partition coefficient (Wildman–Crippen LogP) is 0.679. The van der Waals surface area contributed by atoms with Gasteiger partial charge in [0.2, 0.25) is 0 Å². The van der Waals surface area contributed by atoms with E-state index in [1.54, 1.807) is 0 Å². The molecule has 2 heterocycles. The number of aromatic nitrogens is 2.